The molecule has 0 spiro atoms. The van der Waals surface area contributed by atoms with Gasteiger partial charge in [-0.25, -0.2) is 13.2 Å². The molecule has 0 atom stereocenters. The number of carbonyl (C=O) groups excluding carboxylic acids is 1. The number of amides is 1. The van der Waals surface area contributed by atoms with Crippen LogP contribution in [0.4, 0.5) is 18.9 Å². The summed E-state index contributed by atoms with van der Waals surface area (Å²) in [6, 6.07) is 14.7. The Labute approximate surface area is 186 Å². The highest BCUT2D eigenvalue weighted by molar-refractivity contribution is 7.92. The lowest BCUT2D eigenvalue weighted by Crippen LogP contribution is -2.23. The molecule has 3 rings (SSSR count). The van der Waals surface area contributed by atoms with Gasteiger partial charge in [0.1, 0.15) is 0 Å². The van der Waals surface area contributed by atoms with E-state index in [1.807, 2.05) is 0 Å². The van der Waals surface area contributed by atoms with Gasteiger partial charge < -0.3 is 10.4 Å². The van der Waals surface area contributed by atoms with Gasteiger partial charge in [0.25, 0.3) is 15.9 Å². The molecule has 33 heavy (non-hydrogen) atoms. The molecule has 0 saturated carbocycles. The van der Waals surface area contributed by atoms with Crippen molar-refractivity contribution in [3.63, 3.8) is 0 Å². The van der Waals surface area contributed by atoms with Crippen LogP contribution in [0, 0.1) is 0 Å². The highest BCUT2D eigenvalue weighted by Gasteiger charge is 2.29. The zero-order chi connectivity index (χ0) is 24.2. The number of nitrogens with one attached hydrogen (secondary N) is 2. The van der Waals surface area contributed by atoms with Gasteiger partial charge in [0.05, 0.1) is 21.7 Å². The maximum atomic E-state index is 12.6. The molecule has 0 fully saturated rings. The lowest BCUT2D eigenvalue weighted by atomic mass is 10.1. The second-order valence-corrected chi connectivity index (χ2v) is 8.54. The van der Waals surface area contributed by atoms with Crippen LogP contribution >= 0.6 is 0 Å². The number of sulfonamides is 1. The van der Waals surface area contributed by atoms with E-state index in [2.05, 4.69) is 10.0 Å². The van der Waals surface area contributed by atoms with Gasteiger partial charge in [-0.2, -0.15) is 13.2 Å². The molecule has 0 radical (unpaired) electrons. The maximum Gasteiger partial charge on any atom is 0.416 e. The van der Waals surface area contributed by atoms with Gasteiger partial charge in [0.15, 0.2) is 0 Å². The summed E-state index contributed by atoms with van der Waals surface area (Å²) in [7, 11) is -4.12. The van der Waals surface area contributed by atoms with Gasteiger partial charge >= 0.3 is 12.1 Å². The quantitative estimate of drug-likeness (QED) is 0.473. The topological polar surface area (TPSA) is 113 Å². The average molecular weight is 478 g/mol. The first kappa shape index (κ1) is 23.8. The molecular formula is C22H17F3N2O5S. The smallest absolute Gasteiger partial charge is 0.416 e. The molecule has 3 N–H and O–H groups in total. The first-order valence-electron chi connectivity index (χ1n) is 9.37. The van der Waals surface area contributed by atoms with Crippen LogP contribution in [0.25, 0.3) is 0 Å². The van der Waals surface area contributed by atoms with Crippen LogP contribution in [0.2, 0.25) is 0 Å². The average Bonchev–Trinajstić information content (AvgIpc) is 2.77. The fourth-order valence-electron chi connectivity index (χ4n) is 2.84. The monoisotopic (exact) mass is 478 g/mol. The first-order valence-corrected chi connectivity index (χ1v) is 10.9. The summed E-state index contributed by atoms with van der Waals surface area (Å²) < 4.78 is 65.2. The van der Waals surface area contributed by atoms with Crippen molar-refractivity contribution in [2.24, 2.45) is 0 Å². The number of benzene rings is 3. The molecule has 0 bridgehead atoms. The van der Waals surface area contributed by atoms with E-state index in [0.717, 1.165) is 12.1 Å². The number of carbonyl (C=O) groups is 2. The van der Waals surface area contributed by atoms with Crippen molar-refractivity contribution >= 4 is 27.6 Å². The van der Waals surface area contributed by atoms with Crippen LogP contribution in [-0.4, -0.2) is 25.4 Å². The number of para-hydroxylation sites is 1. The number of aromatic carboxylic acids is 1. The standard InChI is InChI=1S/C22H17F3N2O5S/c23-22(24,25)16-9-5-14(6-10-16)13-26-20(28)15-7-11-17(12-8-15)33(31,32)27-19-4-2-1-3-18(19)21(29)30/h1-12,27H,13H2,(H,26,28)(H,29,30). The number of hydrogen-bond donors (Lipinski definition) is 3. The molecule has 3 aromatic carbocycles. The van der Waals surface area contributed by atoms with Crippen molar-refractivity contribution in [3.8, 4) is 0 Å². The first-order chi connectivity index (χ1) is 15.5. The van der Waals surface area contributed by atoms with E-state index in [1.54, 1.807) is 0 Å². The van der Waals surface area contributed by atoms with E-state index >= 15 is 0 Å². The molecule has 7 nitrogen and oxygen atoms in total. The molecule has 0 saturated heterocycles. The third-order valence-corrected chi connectivity index (χ3v) is 5.94. The molecule has 0 aliphatic carbocycles. The molecule has 172 valence electrons. The van der Waals surface area contributed by atoms with Crippen LogP contribution in [-0.2, 0) is 22.7 Å². The highest BCUT2D eigenvalue weighted by Crippen LogP contribution is 2.29. The summed E-state index contributed by atoms with van der Waals surface area (Å²) in [6.45, 7) is -0.0233. The van der Waals surface area contributed by atoms with E-state index in [4.69, 9.17) is 0 Å². The summed E-state index contributed by atoms with van der Waals surface area (Å²) in [5.41, 5.74) is -0.540. The van der Waals surface area contributed by atoms with Gasteiger partial charge in [-0.15, -0.1) is 0 Å². The van der Waals surface area contributed by atoms with Gasteiger partial charge in [-0.3, -0.25) is 9.52 Å². The summed E-state index contributed by atoms with van der Waals surface area (Å²) >= 11 is 0. The van der Waals surface area contributed by atoms with Crippen molar-refractivity contribution in [1.82, 2.24) is 5.32 Å². The summed E-state index contributed by atoms with van der Waals surface area (Å²) in [5, 5.41) is 11.7. The number of carboxylic acid groups (broad SMARTS) is 1. The van der Waals surface area contributed by atoms with E-state index in [9.17, 15) is 36.3 Å². The molecule has 0 aromatic heterocycles. The largest absolute Gasteiger partial charge is 0.478 e. The minimum atomic E-state index is -4.45. The SMILES string of the molecule is O=C(NCc1ccc(C(F)(F)F)cc1)c1ccc(S(=O)(=O)Nc2ccccc2C(=O)O)cc1. The van der Waals surface area contributed by atoms with Crippen LogP contribution in [0.1, 0.15) is 31.8 Å². The fourth-order valence-corrected chi connectivity index (χ4v) is 3.92. The Morgan fingerprint density at radius 1 is 0.879 bits per heavy atom. The van der Waals surface area contributed by atoms with Gasteiger partial charge in [0, 0.05) is 12.1 Å². The lowest BCUT2D eigenvalue weighted by Gasteiger charge is -2.11. The van der Waals surface area contributed by atoms with Gasteiger partial charge in [0.2, 0.25) is 0 Å². The van der Waals surface area contributed by atoms with E-state index in [-0.39, 0.29) is 28.3 Å². The Kier molecular flexibility index (Phi) is 6.73. The fraction of sp³-hybridized carbons (Fsp3) is 0.0909. The predicted octanol–water partition coefficient (Wildman–Crippen LogP) is 4.13. The number of carboxylic acids is 1. The molecule has 3 aromatic rings. The van der Waals surface area contributed by atoms with E-state index in [0.29, 0.717) is 5.56 Å². The van der Waals surface area contributed by atoms with Crippen LogP contribution in [0.5, 0.6) is 0 Å². The Morgan fingerprint density at radius 2 is 1.48 bits per heavy atom. The number of hydrogen-bond acceptors (Lipinski definition) is 4. The van der Waals surface area contributed by atoms with E-state index in [1.165, 1.54) is 60.7 Å². The lowest BCUT2D eigenvalue weighted by molar-refractivity contribution is -0.137. The molecular weight excluding hydrogens is 461 g/mol. The number of anilines is 1. The highest BCUT2D eigenvalue weighted by atomic mass is 32.2. The van der Waals surface area contributed by atoms with Gasteiger partial charge in [-0.1, -0.05) is 24.3 Å². The minimum absolute atomic E-state index is 0.0233. The number of halogens is 3. The minimum Gasteiger partial charge on any atom is -0.478 e. The molecule has 0 unspecified atom stereocenters. The Balaban J connectivity index is 1.67. The van der Waals surface area contributed by atoms with Crippen LogP contribution in [0.15, 0.2) is 77.7 Å². The summed E-state index contributed by atoms with van der Waals surface area (Å²) in [6.07, 6.45) is -4.45. The van der Waals surface area contributed by atoms with Crippen molar-refractivity contribution in [3.05, 3.63) is 95.1 Å². The normalized spacial score (nSPS) is 11.6. The zero-order valence-corrected chi connectivity index (χ0v) is 17.6. The van der Waals surface area contributed by atoms with Gasteiger partial charge in [-0.05, 0) is 54.1 Å². The van der Waals surface area contributed by atoms with Crippen LogP contribution in [0.3, 0.4) is 0 Å². The third-order valence-electron chi connectivity index (χ3n) is 4.56. The zero-order valence-electron chi connectivity index (χ0n) is 16.8. The molecule has 1 amide bonds. The number of alkyl halides is 3. The summed E-state index contributed by atoms with van der Waals surface area (Å²) in [5.74, 6) is -1.85. The Morgan fingerprint density at radius 3 is 2.06 bits per heavy atom. The van der Waals surface area contributed by atoms with Crippen molar-refractivity contribution < 1.29 is 36.3 Å². The van der Waals surface area contributed by atoms with Crippen LogP contribution < -0.4 is 10.0 Å². The third kappa shape index (κ3) is 5.89. The molecule has 11 heteroatoms. The predicted molar refractivity (Wildman–Crippen MR) is 113 cm³/mol. The molecule has 0 aliphatic heterocycles. The van der Waals surface area contributed by atoms with Crippen molar-refractivity contribution in [1.29, 1.82) is 0 Å². The number of rotatable bonds is 7. The second-order valence-electron chi connectivity index (χ2n) is 6.86. The Bertz CT molecular complexity index is 1270. The van der Waals surface area contributed by atoms with E-state index < -0.39 is 33.6 Å². The molecule has 0 heterocycles. The maximum absolute atomic E-state index is 12.6. The van der Waals surface area contributed by atoms with Crippen molar-refractivity contribution in [2.45, 2.75) is 17.6 Å². The van der Waals surface area contributed by atoms with Crippen molar-refractivity contribution in [2.75, 3.05) is 4.72 Å². The second kappa shape index (κ2) is 9.33. The summed E-state index contributed by atoms with van der Waals surface area (Å²) in [4.78, 5) is 23.4. The molecule has 0 aliphatic rings. The Hall–Kier alpha value is -3.86.